The van der Waals surface area contributed by atoms with E-state index in [9.17, 15) is 4.79 Å². The Balaban J connectivity index is 2.88. The summed E-state index contributed by atoms with van der Waals surface area (Å²) in [5.41, 5.74) is 5.38. The second-order valence-electron chi connectivity index (χ2n) is 6.30. The first kappa shape index (κ1) is 18.1. The van der Waals surface area contributed by atoms with Crippen LogP contribution in [0.25, 0.3) is 0 Å². The first-order valence-electron chi connectivity index (χ1n) is 7.39. The highest BCUT2D eigenvalue weighted by Crippen LogP contribution is 2.13. The van der Waals surface area contributed by atoms with Crippen LogP contribution in [0.3, 0.4) is 0 Å². The molecule has 1 aromatic carbocycles. The van der Waals surface area contributed by atoms with E-state index in [0.29, 0.717) is 6.42 Å². The lowest BCUT2D eigenvalue weighted by Gasteiger charge is -2.16. The van der Waals surface area contributed by atoms with E-state index < -0.39 is 8.07 Å². The van der Waals surface area contributed by atoms with Gasteiger partial charge in [0.1, 0.15) is 8.07 Å². The minimum absolute atomic E-state index is 0.0185. The Bertz CT molecular complexity index is 577. The van der Waals surface area contributed by atoms with Crippen LogP contribution in [-0.4, -0.2) is 27.2 Å². The van der Waals surface area contributed by atoms with Gasteiger partial charge in [-0.05, 0) is 19.1 Å². The third-order valence-electron chi connectivity index (χ3n) is 2.83. The van der Waals surface area contributed by atoms with Crippen molar-refractivity contribution in [2.75, 3.05) is 12.4 Å². The second kappa shape index (κ2) is 8.45. The third kappa shape index (κ3) is 7.70. The first-order chi connectivity index (χ1) is 10.3. The van der Waals surface area contributed by atoms with Crippen LogP contribution in [0.2, 0.25) is 19.6 Å². The Kier molecular flexibility index (Phi) is 6.94. The lowest BCUT2D eigenvalue weighted by molar-refractivity contribution is -0.134. The number of hydrogen-bond acceptors (Lipinski definition) is 3. The van der Waals surface area contributed by atoms with Gasteiger partial charge in [-0.25, -0.2) is 4.79 Å². The van der Waals surface area contributed by atoms with E-state index in [0.717, 1.165) is 11.3 Å². The Morgan fingerprint density at radius 2 is 1.95 bits per heavy atom. The fourth-order valence-corrected chi connectivity index (χ4v) is 2.43. The van der Waals surface area contributed by atoms with Crippen LogP contribution in [-0.2, 0) is 9.53 Å². The monoisotopic (exact) mass is 315 g/mol. The molecular weight excluding hydrogens is 290 g/mol. The zero-order chi connectivity index (χ0) is 16.6. The molecule has 0 heterocycles. The highest BCUT2D eigenvalue weighted by atomic mass is 28.3. The molecule has 22 heavy (non-hydrogen) atoms. The molecule has 0 spiro atoms. The zero-order valence-electron chi connectivity index (χ0n) is 14.1. The number of methoxy groups -OCH3 is 1. The van der Waals surface area contributed by atoms with E-state index in [-0.39, 0.29) is 12.0 Å². The van der Waals surface area contributed by atoms with Crippen molar-refractivity contribution in [1.29, 1.82) is 0 Å². The molecule has 0 saturated carbocycles. The van der Waals surface area contributed by atoms with Crippen molar-refractivity contribution in [2.24, 2.45) is 0 Å². The van der Waals surface area contributed by atoms with E-state index in [4.69, 9.17) is 0 Å². The normalized spacial score (nSPS) is 12.9. The topological polar surface area (TPSA) is 38.3 Å². The Morgan fingerprint density at radius 1 is 1.32 bits per heavy atom. The number of benzene rings is 1. The molecule has 1 atom stereocenters. The second-order valence-corrected chi connectivity index (χ2v) is 11.1. The van der Waals surface area contributed by atoms with Crippen molar-refractivity contribution < 1.29 is 9.53 Å². The Labute approximate surface area is 134 Å². The van der Waals surface area contributed by atoms with Gasteiger partial charge in [-0.15, -0.1) is 5.54 Å². The number of nitrogens with one attached hydrogen (secondary N) is 1. The summed E-state index contributed by atoms with van der Waals surface area (Å²) in [4.78, 5) is 11.3. The van der Waals surface area contributed by atoms with Crippen LogP contribution in [0.4, 0.5) is 5.69 Å². The maximum absolute atomic E-state index is 11.3. The highest BCUT2D eigenvalue weighted by molar-refractivity contribution is 6.83. The van der Waals surface area contributed by atoms with Gasteiger partial charge < -0.3 is 10.1 Å². The summed E-state index contributed by atoms with van der Waals surface area (Å²) in [6.07, 6.45) is 2.21. The van der Waals surface area contributed by atoms with Crippen LogP contribution in [0, 0.1) is 11.5 Å². The van der Waals surface area contributed by atoms with Gasteiger partial charge in [0.2, 0.25) is 0 Å². The van der Waals surface area contributed by atoms with Crippen LogP contribution in [0.15, 0.2) is 42.0 Å². The predicted molar refractivity (Wildman–Crippen MR) is 95.4 cm³/mol. The Hall–Kier alpha value is -1.99. The minimum Gasteiger partial charge on any atom is -0.466 e. The molecule has 0 aliphatic heterocycles. The molecule has 0 bridgehead atoms. The predicted octanol–water partition coefficient (Wildman–Crippen LogP) is 3.86. The van der Waals surface area contributed by atoms with Crippen molar-refractivity contribution in [3.05, 3.63) is 42.0 Å². The van der Waals surface area contributed by atoms with E-state index in [1.54, 1.807) is 0 Å². The molecule has 0 amide bonds. The van der Waals surface area contributed by atoms with Gasteiger partial charge in [0, 0.05) is 18.2 Å². The van der Waals surface area contributed by atoms with E-state index in [1.165, 1.54) is 13.2 Å². The number of rotatable bonds is 5. The molecule has 1 unspecified atom stereocenters. The number of hydrogen-bond donors (Lipinski definition) is 1. The van der Waals surface area contributed by atoms with Crippen LogP contribution < -0.4 is 5.32 Å². The third-order valence-corrected chi connectivity index (χ3v) is 3.72. The minimum atomic E-state index is -1.44. The van der Waals surface area contributed by atoms with Gasteiger partial charge >= 0.3 is 5.97 Å². The molecule has 0 saturated heterocycles. The number of para-hydroxylation sites is 1. The van der Waals surface area contributed by atoms with Gasteiger partial charge in [-0.2, -0.15) is 0 Å². The van der Waals surface area contributed by atoms with Crippen molar-refractivity contribution in [3.63, 3.8) is 0 Å². The molecule has 4 heteroatoms. The fraction of sp³-hybridized carbons (Fsp3) is 0.389. The van der Waals surface area contributed by atoms with Gasteiger partial charge in [-0.3, -0.25) is 0 Å². The lowest BCUT2D eigenvalue weighted by Crippen LogP contribution is -2.22. The summed E-state index contributed by atoms with van der Waals surface area (Å²) in [6.45, 7) is 8.58. The van der Waals surface area contributed by atoms with Crippen molar-refractivity contribution in [1.82, 2.24) is 0 Å². The quantitative estimate of drug-likeness (QED) is 0.388. The summed E-state index contributed by atoms with van der Waals surface area (Å²) in [6, 6.07) is 9.97. The zero-order valence-corrected chi connectivity index (χ0v) is 15.1. The van der Waals surface area contributed by atoms with Gasteiger partial charge in [0.15, 0.2) is 0 Å². The van der Waals surface area contributed by atoms with Gasteiger partial charge in [0.05, 0.1) is 13.2 Å². The number of anilines is 1. The molecule has 1 rings (SSSR count). The van der Waals surface area contributed by atoms with E-state index in [2.05, 4.69) is 41.2 Å². The van der Waals surface area contributed by atoms with Gasteiger partial charge in [-0.1, -0.05) is 49.3 Å². The smallest absolute Gasteiger partial charge is 0.330 e. The fourth-order valence-electron chi connectivity index (χ4n) is 1.82. The molecule has 0 fully saturated rings. The van der Waals surface area contributed by atoms with Crippen LogP contribution in [0.1, 0.15) is 13.3 Å². The first-order valence-corrected chi connectivity index (χ1v) is 10.9. The largest absolute Gasteiger partial charge is 0.466 e. The van der Waals surface area contributed by atoms with Crippen molar-refractivity contribution in [2.45, 2.75) is 39.0 Å². The molecule has 3 nitrogen and oxygen atoms in total. The van der Waals surface area contributed by atoms with Crippen LogP contribution in [0.5, 0.6) is 0 Å². The van der Waals surface area contributed by atoms with Gasteiger partial charge in [0.25, 0.3) is 0 Å². The molecule has 1 N–H and O–H groups in total. The molecule has 1 aromatic rings. The van der Waals surface area contributed by atoms with Crippen molar-refractivity contribution in [3.8, 4) is 11.5 Å². The molecule has 0 radical (unpaired) electrons. The molecule has 0 aliphatic rings. The Morgan fingerprint density at radius 3 is 2.50 bits per heavy atom. The van der Waals surface area contributed by atoms with E-state index in [1.807, 2.05) is 37.3 Å². The molecule has 0 aromatic heterocycles. The number of carbonyl (C=O) groups excluding carboxylic acids is 1. The summed E-state index contributed by atoms with van der Waals surface area (Å²) >= 11 is 0. The van der Waals surface area contributed by atoms with Crippen LogP contribution >= 0.6 is 0 Å². The highest BCUT2D eigenvalue weighted by Gasteiger charge is 2.11. The molecular formula is C18H25NO2Si. The average molecular weight is 315 g/mol. The maximum Gasteiger partial charge on any atom is 0.330 e. The van der Waals surface area contributed by atoms with E-state index >= 15 is 0 Å². The van der Waals surface area contributed by atoms with Crippen molar-refractivity contribution >= 4 is 19.7 Å². The SMILES string of the molecule is COC(=O)/C=C(\C)CC(C#C[Si](C)(C)C)Nc1ccccc1. The molecule has 0 aliphatic carbocycles. The number of esters is 1. The lowest BCUT2D eigenvalue weighted by atomic mass is 10.1. The maximum atomic E-state index is 11.3. The summed E-state index contributed by atoms with van der Waals surface area (Å²) in [7, 11) is -0.0536. The standard InChI is InChI=1S/C18H25NO2Si/c1-15(14-18(20)21-2)13-17(11-12-22(3,4)5)19-16-9-7-6-8-10-16/h6-10,14,17,19H,13H2,1-5H3/b15-14+. The average Bonchev–Trinajstić information content (AvgIpc) is 2.45. The summed E-state index contributed by atoms with van der Waals surface area (Å²) in [5.74, 6) is 3.01. The summed E-state index contributed by atoms with van der Waals surface area (Å²) in [5, 5.41) is 3.43. The number of ether oxygens (including phenoxy) is 1. The summed E-state index contributed by atoms with van der Waals surface area (Å²) < 4.78 is 4.67. The number of carbonyl (C=O) groups is 1. The molecule has 118 valence electrons.